The van der Waals surface area contributed by atoms with Gasteiger partial charge in [-0.1, -0.05) is 17.7 Å². The normalized spacial score (nSPS) is 17.4. The van der Waals surface area contributed by atoms with Crippen LogP contribution < -0.4 is 5.32 Å². The number of nitrogens with one attached hydrogen (secondary N) is 1. The molecule has 1 aliphatic heterocycles. The van der Waals surface area contributed by atoms with Crippen molar-refractivity contribution in [3.8, 4) is 0 Å². The minimum Gasteiger partial charge on any atom is -0.323 e. The van der Waals surface area contributed by atoms with Gasteiger partial charge in [0, 0.05) is 37.6 Å². The van der Waals surface area contributed by atoms with Crippen LogP contribution in [-0.4, -0.2) is 51.3 Å². The summed E-state index contributed by atoms with van der Waals surface area (Å²) in [7, 11) is -2.06. The molecule has 12 heteroatoms. The van der Waals surface area contributed by atoms with Crippen LogP contribution in [0.25, 0.3) is 0 Å². The highest BCUT2D eigenvalue weighted by atomic mass is 35.5. The quantitative estimate of drug-likeness (QED) is 0.584. The van der Waals surface area contributed by atoms with Gasteiger partial charge in [-0.05, 0) is 30.5 Å². The monoisotopic (exact) mass is 480 g/mol. The number of benzene rings is 1. The number of amides is 1. The largest absolute Gasteiger partial charge is 0.323 e. The number of rotatable bonds is 6. The second-order valence-corrected chi connectivity index (χ2v) is 10.0. The van der Waals surface area contributed by atoms with Crippen molar-refractivity contribution in [2.24, 2.45) is 13.0 Å². The number of sulfonamides is 1. The van der Waals surface area contributed by atoms with E-state index >= 15 is 0 Å². The standard InChI is InChI=1S/C20H22ClFN6O3S/c1-26-13-18(9-23-26)32(30,31)28-6-2-3-15(11-28)20(29)25-17-8-24-27(12-17)10-14-4-5-16(22)7-19(14)21/h4-5,7-9,12-13,15H,2-3,6,10-11H2,1H3,(H,25,29)/t15-/m1/s1. The first kappa shape index (κ1) is 22.4. The molecule has 0 radical (unpaired) electrons. The SMILES string of the molecule is Cn1cc(S(=O)(=O)N2CCC[C@@H](C(=O)Nc3cnn(Cc4ccc(F)cc4Cl)c3)C2)cn1. The Morgan fingerprint density at radius 1 is 1.28 bits per heavy atom. The number of nitrogens with zero attached hydrogens (tertiary/aromatic N) is 5. The number of piperidine rings is 1. The third-order valence-corrected chi connectivity index (χ3v) is 7.49. The molecule has 0 spiro atoms. The molecule has 1 fully saturated rings. The highest BCUT2D eigenvalue weighted by Gasteiger charge is 2.34. The van der Waals surface area contributed by atoms with Gasteiger partial charge in [0.2, 0.25) is 15.9 Å². The third-order valence-electron chi connectivity index (χ3n) is 5.32. The molecule has 0 unspecified atom stereocenters. The van der Waals surface area contributed by atoms with Crippen LogP contribution >= 0.6 is 11.6 Å². The first-order valence-corrected chi connectivity index (χ1v) is 11.8. The van der Waals surface area contributed by atoms with E-state index in [-0.39, 0.29) is 17.3 Å². The minimum atomic E-state index is -3.70. The molecule has 32 heavy (non-hydrogen) atoms. The maximum atomic E-state index is 13.2. The summed E-state index contributed by atoms with van der Waals surface area (Å²) < 4.78 is 43.2. The van der Waals surface area contributed by atoms with Crippen molar-refractivity contribution in [2.75, 3.05) is 18.4 Å². The zero-order valence-corrected chi connectivity index (χ0v) is 18.9. The second kappa shape index (κ2) is 9.00. The molecular formula is C20H22ClFN6O3S. The molecule has 4 rings (SSSR count). The van der Waals surface area contributed by atoms with Gasteiger partial charge in [-0.15, -0.1) is 0 Å². The van der Waals surface area contributed by atoms with E-state index in [2.05, 4.69) is 15.5 Å². The molecule has 1 amide bonds. The van der Waals surface area contributed by atoms with E-state index in [1.54, 1.807) is 24.0 Å². The van der Waals surface area contributed by atoms with E-state index in [1.807, 2.05) is 0 Å². The zero-order valence-electron chi connectivity index (χ0n) is 17.3. The maximum absolute atomic E-state index is 13.2. The molecule has 0 saturated carbocycles. The van der Waals surface area contributed by atoms with Gasteiger partial charge >= 0.3 is 0 Å². The van der Waals surface area contributed by atoms with Gasteiger partial charge in [-0.25, -0.2) is 12.8 Å². The number of carbonyl (C=O) groups is 1. The average molecular weight is 481 g/mol. The molecule has 9 nitrogen and oxygen atoms in total. The highest BCUT2D eigenvalue weighted by molar-refractivity contribution is 7.89. The summed E-state index contributed by atoms with van der Waals surface area (Å²) in [5.41, 5.74) is 1.18. The highest BCUT2D eigenvalue weighted by Crippen LogP contribution is 2.25. The Bertz CT molecular complexity index is 1240. The predicted molar refractivity (Wildman–Crippen MR) is 116 cm³/mol. The number of hydrogen-bond acceptors (Lipinski definition) is 5. The van der Waals surface area contributed by atoms with Crippen molar-refractivity contribution in [2.45, 2.75) is 24.3 Å². The average Bonchev–Trinajstić information content (AvgIpc) is 3.39. The van der Waals surface area contributed by atoms with E-state index in [0.717, 1.165) is 0 Å². The lowest BCUT2D eigenvalue weighted by atomic mass is 9.99. The van der Waals surface area contributed by atoms with E-state index < -0.39 is 21.8 Å². The van der Waals surface area contributed by atoms with E-state index in [9.17, 15) is 17.6 Å². The van der Waals surface area contributed by atoms with Gasteiger partial charge < -0.3 is 5.32 Å². The number of halogens is 2. The summed E-state index contributed by atoms with van der Waals surface area (Å²) in [6.45, 7) is 0.773. The first-order chi connectivity index (χ1) is 15.2. The van der Waals surface area contributed by atoms with Gasteiger partial charge in [0.1, 0.15) is 10.7 Å². The maximum Gasteiger partial charge on any atom is 0.246 e. The number of anilines is 1. The van der Waals surface area contributed by atoms with Crippen molar-refractivity contribution in [1.29, 1.82) is 0 Å². The van der Waals surface area contributed by atoms with Gasteiger partial charge in [-0.2, -0.15) is 14.5 Å². The minimum absolute atomic E-state index is 0.0996. The number of aromatic nitrogens is 4. The van der Waals surface area contributed by atoms with Gasteiger partial charge in [-0.3, -0.25) is 14.2 Å². The van der Waals surface area contributed by atoms with Gasteiger partial charge in [0.15, 0.2) is 0 Å². The van der Waals surface area contributed by atoms with Gasteiger partial charge in [0.25, 0.3) is 0 Å². The topological polar surface area (TPSA) is 102 Å². The van der Waals surface area contributed by atoms with Crippen LogP contribution in [0.1, 0.15) is 18.4 Å². The summed E-state index contributed by atoms with van der Waals surface area (Å²) in [5, 5.41) is 11.2. The molecule has 1 aliphatic rings. The molecule has 1 N–H and O–H groups in total. The lowest BCUT2D eigenvalue weighted by Gasteiger charge is -2.30. The fraction of sp³-hybridized carbons (Fsp3) is 0.350. The summed E-state index contributed by atoms with van der Waals surface area (Å²) in [6.07, 6.45) is 7.07. The van der Waals surface area contributed by atoms with Crippen LogP contribution in [0.15, 0.2) is 47.9 Å². The summed E-state index contributed by atoms with van der Waals surface area (Å²) in [6, 6.07) is 4.14. The predicted octanol–water partition coefficient (Wildman–Crippen LogP) is 2.50. The second-order valence-electron chi connectivity index (χ2n) is 7.70. The fourth-order valence-corrected chi connectivity index (χ4v) is 5.38. The summed E-state index contributed by atoms with van der Waals surface area (Å²) >= 11 is 6.06. The number of carbonyl (C=O) groups excluding carboxylic acids is 1. The molecule has 3 aromatic rings. The lowest BCUT2D eigenvalue weighted by molar-refractivity contribution is -0.120. The zero-order chi connectivity index (χ0) is 22.9. The Hall–Kier alpha value is -2.76. The Labute approximate surface area is 189 Å². The van der Waals surface area contributed by atoms with Crippen molar-refractivity contribution in [1.82, 2.24) is 23.9 Å². The van der Waals surface area contributed by atoms with Crippen LogP contribution in [-0.2, 0) is 28.4 Å². The van der Waals surface area contributed by atoms with Crippen molar-refractivity contribution >= 4 is 33.2 Å². The van der Waals surface area contributed by atoms with Crippen LogP contribution in [0.3, 0.4) is 0 Å². The number of hydrogen-bond donors (Lipinski definition) is 1. The van der Waals surface area contributed by atoms with Crippen LogP contribution in [0, 0.1) is 11.7 Å². The molecule has 0 bridgehead atoms. The number of aryl methyl sites for hydroxylation is 1. The van der Waals surface area contributed by atoms with Crippen molar-refractivity contribution in [3.05, 3.63) is 59.4 Å². The molecule has 170 valence electrons. The fourth-order valence-electron chi connectivity index (χ4n) is 3.64. The third kappa shape index (κ3) is 4.84. The van der Waals surface area contributed by atoms with Gasteiger partial charge in [0.05, 0.1) is 30.5 Å². The Morgan fingerprint density at radius 3 is 2.81 bits per heavy atom. The first-order valence-electron chi connectivity index (χ1n) is 9.98. The van der Waals surface area contributed by atoms with E-state index in [4.69, 9.17) is 11.6 Å². The summed E-state index contributed by atoms with van der Waals surface area (Å²) in [5.74, 6) is -1.17. The smallest absolute Gasteiger partial charge is 0.246 e. The Morgan fingerprint density at radius 2 is 2.09 bits per heavy atom. The van der Waals surface area contributed by atoms with Crippen LogP contribution in [0.5, 0.6) is 0 Å². The lowest BCUT2D eigenvalue weighted by Crippen LogP contribution is -2.43. The Kier molecular flexibility index (Phi) is 6.31. The molecule has 1 atom stereocenters. The molecule has 2 aromatic heterocycles. The van der Waals surface area contributed by atoms with Crippen molar-refractivity contribution in [3.63, 3.8) is 0 Å². The Balaban J connectivity index is 1.40. The summed E-state index contributed by atoms with van der Waals surface area (Å²) in [4.78, 5) is 12.9. The molecule has 0 aliphatic carbocycles. The molecule has 1 aromatic carbocycles. The molecular weight excluding hydrogens is 459 g/mol. The van der Waals surface area contributed by atoms with E-state index in [1.165, 1.54) is 39.7 Å². The van der Waals surface area contributed by atoms with E-state index in [0.29, 0.717) is 42.2 Å². The molecule has 3 heterocycles. The molecule has 1 saturated heterocycles. The van der Waals surface area contributed by atoms with Crippen LogP contribution in [0.2, 0.25) is 5.02 Å². The van der Waals surface area contributed by atoms with Crippen LogP contribution in [0.4, 0.5) is 10.1 Å². The van der Waals surface area contributed by atoms with Crippen molar-refractivity contribution < 1.29 is 17.6 Å².